The minimum Gasteiger partial charge on any atom is -0.258 e. The highest BCUT2D eigenvalue weighted by Crippen LogP contribution is 2.31. The third-order valence-electron chi connectivity index (χ3n) is 1.88. The van der Waals surface area contributed by atoms with Gasteiger partial charge >= 0.3 is 0 Å². The highest BCUT2D eigenvalue weighted by molar-refractivity contribution is 9.10. The van der Waals surface area contributed by atoms with Crippen LogP contribution in [0.25, 0.3) is 0 Å². The largest absolute Gasteiger partial charge is 0.270 e. The maximum atomic E-state index is 12.0. The second-order valence-corrected chi connectivity index (χ2v) is 4.18. The van der Waals surface area contributed by atoms with Gasteiger partial charge in [0.05, 0.1) is 16.6 Å². The van der Waals surface area contributed by atoms with E-state index < -0.39 is 11.6 Å². The van der Waals surface area contributed by atoms with Crippen LogP contribution in [0.3, 0.4) is 0 Å². The number of nitro benzene ring substituents is 1. The zero-order chi connectivity index (χ0) is 11.4. The van der Waals surface area contributed by atoms with Crippen molar-refractivity contribution >= 4 is 33.2 Å². The fourth-order valence-electron chi connectivity index (χ4n) is 1.17. The van der Waals surface area contributed by atoms with Crippen molar-refractivity contribution in [1.29, 1.82) is 0 Å². The van der Waals surface area contributed by atoms with Crippen molar-refractivity contribution in [1.82, 2.24) is 0 Å². The fraction of sp³-hybridized carbons (Fsp3) is 0.333. The van der Waals surface area contributed by atoms with Crippen LogP contribution in [-0.4, -0.2) is 11.6 Å². The normalized spacial score (nSPS) is 10.3. The Morgan fingerprint density at radius 2 is 2.20 bits per heavy atom. The Morgan fingerprint density at radius 1 is 1.53 bits per heavy atom. The van der Waals surface area contributed by atoms with Gasteiger partial charge in [-0.2, -0.15) is 0 Å². The first-order valence-electron chi connectivity index (χ1n) is 4.24. The molecule has 0 aliphatic heterocycles. The Hall–Kier alpha value is -0.680. The van der Waals surface area contributed by atoms with Gasteiger partial charge in [0.2, 0.25) is 0 Å². The fourth-order valence-corrected chi connectivity index (χ4v) is 1.87. The lowest BCUT2D eigenvalue weighted by atomic mass is 10.1. The van der Waals surface area contributed by atoms with Crippen molar-refractivity contribution in [3.63, 3.8) is 0 Å². The topological polar surface area (TPSA) is 43.1 Å². The average molecular weight is 297 g/mol. The average Bonchev–Trinajstić information content (AvgIpc) is 2.19. The maximum Gasteiger partial charge on any atom is 0.270 e. The summed E-state index contributed by atoms with van der Waals surface area (Å²) in [5.41, 5.74) is 0.551. The second-order valence-electron chi connectivity index (χ2n) is 2.95. The van der Waals surface area contributed by atoms with Crippen molar-refractivity contribution in [2.45, 2.75) is 12.8 Å². The van der Waals surface area contributed by atoms with Gasteiger partial charge in [-0.3, -0.25) is 14.5 Å². The van der Waals surface area contributed by atoms with E-state index in [-0.39, 0.29) is 5.69 Å². The predicted octanol–water partition coefficient (Wildman–Crippen LogP) is 3.91. The lowest BCUT2D eigenvalue weighted by Gasteiger charge is -2.04. The Balaban J connectivity index is 3.07. The lowest BCUT2D eigenvalue weighted by Crippen LogP contribution is -1.94. The molecule has 0 saturated carbocycles. The van der Waals surface area contributed by atoms with Crippen molar-refractivity contribution in [2.24, 2.45) is 0 Å². The number of benzene rings is 1. The molecule has 1 aromatic rings. The summed E-state index contributed by atoms with van der Waals surface area (Å²) < 4.78 is 12.4. The second kappa shape index (κ2) is 5.42. The monoisotopic (exact) mass is 295 g/mol. The maximum absolute atomic E-state index is 12.0. The standard InChI is InChI=1S/C9H8BrClFNO2/c10-8-5-7(13(14)15)4-6(9(8)11)2-1-3-12/h4-5H,1-3H2. The summed E-state index contributed by atoms with van der Waals surface area (Å²) in [6.45, 7) is -0.462. The van der Waals surface area contributed by atoms with E-state index in [9.17, 15) is 14.5 Å². The first-order chi connectivity index (χ1) is 7.06. The highest BCUT2D eigenvalue weighted by atomic mass is 79.9. The molecular formula is C9H8BrClFNO2. The summed E-state index contributed by atoms with van der Waals surface area (Å²) in [6, 6.07) is 2.71. The van der Waals surface area contributed by atoms with Gasteiger partial charge in [-0.1, -0.05) is 11.6 Å². The molecule has 6 heteroatoms. The third kappa shape index (κ3) is 3.14. The van der Waals surface area contributed by atoms with E-state index in [2.05, 4.69) is 15.9 Å². The molecular weight excluding hydrogens is 288 g/mol. The molecule has 0 unspecified atom stereocenters. The predicted molar refractivity (Wildman–Crippen MR) is 60.1 cm³/mol. The van der Waals surface area contributed by atoms with E-state index in [1.165, 1.54) is 12.1 Å². The number of aryl methyl sites for hydroxylation is 1. The van der Waals surface area contributed by atoms with E-state index >= 15 is 0 Å². The molecule has 0 atom stereocenters. The first-order valence-corrected chi connectivity index (χ1v) is 5.41. The molecule has 0 fully saturated rings. The molecule has 0 aliphatic carbocycles. The molecule has 82 valence electrons. The third-order valence-corrected chi connectivity index (χ3v) is 3.18. The molecule has 0 aliphatic rings. The summed E-state index contributed by atoms with van der Waals surface area (Å²) >= 11 is 9.04. The van der Waals surface area contributed by atoms with Gasteiger partial charge in [-0.15, -0.1) is 0 Å². The number of halogens is 3. The summed E-state index contributed by atoms with van der Waals surface area (Å²) in [4.78, 5) is 10.1. The summed E-state index contributed by atoms with van der Waals surface area (Å²) in [7, 11) is 0. The van der Waals surface area contributed by atoms with Crippen LogP contribution in [0.4, 0.5) is 10.1 Å². The van der Waals surface area contributed by atoms with E-state index in [4.69, 9.17) is 11.6 Å². The molecule has 0 radical (unpaired) electrons. The number of nitrogens with zero attached hydrogens (tertiary/aromatic N) is 1. The van der Waals surface area contributed by atoms with E-state index in [0.29, 0.717) is 27.9 Å². The molecule has 15 heavy (non-hydrogen) atoms. The first kappa shape index (κ1) is 12.4. The molecule has 1 rings (SSSR count). The van der Waals surface area contributed by atoms with Crippen LogP contribution in [-0.2, 0) is 6.42 Å². The van der Waals surface area contributed by atoms with Crippen molar-refractivity contribution in [2.75, 3.05) is 6.67 Å². The minimum absolute atomic E-state index is 0.0415. The van der Waals surface area contributed by atoms with Crippen LogP contribution in [0, 0.1) is 10.1 Å². The van der Waals surface area contributed by atoms with Gasteiger partial charge in [0.15, 0.2) is 0 Å². The molecule has 0 aromatic heterocycles. The van der Waals surface area contributed by atoms with Gasteiger partial charge in [-0.05, 0) is 34.3 Å². The number of non-ortho nitro benzene ring substituents is 1. The minimum atomic E-state index is -0.500. The van der Waals surface area contributed by atoms with Gasteiger partial charge < -0.3 is 0 Å². The Bertz CT molecular complexity index is 387. The highest BCUT2D eigenvalue weighted by Gasteiger charge is 2.13. The molecule has 0 spiro atoms. The molecule has 0 heterocycles. The van der Waals surface area contributed by atoms with Gasteiger partial charge in [0.25, 0.3) is 5.69 Å². The Kier molecular flexibility index (Phi) is 4.47. The van der Waals surface area contributed by atoms with Crippen LogP contribution in [0.15, 0.2) is 16.6 Å². The number of hydrogen-bond donors (Lipinski definition) is 0. The number of nitro groups is 1. The van der Waals surface area contributed by atoms with Crippen molar-refractivity contribution in [3.05, 3.63) is 37.3 Å². The van der Waals surface area contributed by atoms with Crippen molar-refractivity contribution < 1.29 is 9.31 Å². The van der Waals surface area contributed by atoms with Crippen LogP contribution in [0.5, 0.6) is 0 Å². The number of rotatable bonds is 4. The van der Waals surface area contributed by atoms with Gasteiger partial charge in [0, 0.05) is 16.6 Å². The molecule has 0 amide bonds. The van der Waals surface area contributed by atoms with Crippen LogP contribution in [0.2, 0.25) is 5.02 Å². The zero-order valence-corrected chi connectivity index (χ0v) is 10.0. The van der Waals surface area contributed by atoms with Crippen LogP contribution in [0.1, 0.15) is 12.0 Å². The van der Waals surface area contributed by atoms with Crippen LogP contribution >= 0.6 is 27.5 Å². The Labute approximate surface area is 99.5 Å². The van der Waals surface area contributed by atoms with Gasteiger partial charge in [-0.25, -0.2) is 0 Å². The van der Waals surface area contributed by atoms with E-state index in [1.807, 2.05) is 0 Å². The van der Waals surface area contributed by atoms with E-state index in [1.54, 1.807) is 0 Å². The smallest absolute Gasteiger partial charge is 0.258 e. The quantitative estimate of drug-likeness (QED) is 0.624. The summed E-state index contributed by atoms with van der Waals surface area (Å²) in [5, 5.41) is 11.0. The summed E-state index contributed by atoms with van der Waals surface area (Å²) in [6.07, 6.45) is 0.711. The summed E-state index contributed by atoms with van der Waals surface area (Å²) in [5.74, 6) is 0. The molecule has 0 saturated heterocycles. The lowest BCUT2D eigenvalue weighted by molar-refractivity contribution is -0.385. The van der Waals surface area contributed by atoms with Gasteiger partial charge in [0.1, 0.15) is 0 Å². The number of hydrogen-bond acceptors (Lipinski definition) is 2. The van der Waals surface area contributed by atoms with Crippen molar-refractivity contribution in [3.8, 4) is 0 Å². The number of alkyl halides is 1. The SMILES string of the molecule is O=[N+]([O-])c1cc(Br)c(Cl)c(CCCF)c1. The molecule has 0 bridgehead atoms. The Morgan fingerprint density at radius 3 is 2.73 bits per heavy atom. The molecule has 1 aromatic carbocycles. The zero-order valence-electron chi connectivity index (χ0n) is 7.67. The molecule has 3 nitrogen and oxygen atoms in total. The molecule has 0 N–H and O–H groups in total. The van der Waals surface area contributed by atoms with E-state index in [0.717, 1.165) is 0 Å². The van der Waals surface area contributed by atoms with Crippen LogP contribution < -0.4 is 0 Å².